The molecule has 1 aliphatic carbocycles. The highest BCUT2D eigenvalue weighted by molar-refractivity contribution is 5.96. The molecule has 6 nitrogen and oxygen atoms in total. The minimum atomic E-state index is -0.417. The molecule has 2 aliphatic rings. The Labute approximate surface area is 188 Å². The lowest BCUT2D eigenvalue weighted by atomic mass is 9.89. The van der Waals surface area contributed by atoms with Crippen molar-refractivity contribution < 1.29 is 14.3 Å². The van der Waals surface area contributed by atoms with Crippen LogP contribution >= 0.6 is 0 Å². The van der Waals surface area contributed by atoms with E-state index >= 15 is 0 Å². The summed E-state index contributed by atoms with van der Waals surface area (Å²) in [7, 11) is 0. The highest BCUT2D eigenvalue weighted by Gasteiger charge is 2.36. The molecule has 0 unspecified atom stereocenters. The van der Waals surface area contributed by atoms with Crippen LogP contribution in [0.1, 0.15) is 64.4 Å². The number of pyridine rings is 1. The average molecular weight is 432 g/mol. The van der Waals surface area contributed by atoms with Crippen LogP contribution in [0.2, 0.25) is 0 Å². The fourth-order valence-electron chi connectivity index (χ4n) is 5.01. The van der Waals surface area contributed by atoms with Gasteiger partial charge in [-0.25, -0.2) is 4.98 Å². The lowest BCUT2D eigenvalue weighted by Gasteiger charge is -2.40. The van der Waals surface area contributed by atoms with Crippen molar-refractivity contribution in [3.63, 3.8) is 0 Å². The molecular formula is C26H29N3O3. The Morgan fingerprint density at radius 1 is 1.12 bits per heavy atom. The molecule has 2 aromatic heterocycles. The van der Waals surface area contributed by atoms with Gasteiger partial charge < -0.3 is 14.4 Å². The van der Waals surface area contributed by atoms with E-state index < -0.39 is 6.10 Å². The first-order chi connectivity index (χ1) is 15.5. The van der Waals surface area contributed by atoms with Crippen LogP contribution in [0, 0.1) is 13.8 Å². The standard InChI is InChI=1S/C26H29N3O3/c1-16-20(13-18-7-9-19(10-8-18)23-15-32-17(2)28-23)14-21-22(27-16)11-12-29(26(21)31)24-5-3-4-6-25(24)30/h7-10,14-15,24-25,30H,3-6,11-13H2,1-2H3/t24-,25-/m0/s1. The number of aliphatic hydroxyl groups excluding tert-OH is 1. The molecule has 0 radical (unpaired) electrons. The smallest absolute Gasteiger partial charge is 0.256 e. The number of carbonyl (C=O) groups excluding carboxylic acids is 1. The molecule has 1 aromatic carbocycles. The topological polar surface area (TPSA) is 79.5 Å². The summed E-state index contributed by atoms with van der Waals surface area (Å²) in [6.45, 7) is 4.49. The fourth-order valence-corrected chi connectivity index (χ4v) is 5.01. The first-order valence-electron chi connectivity index (χ1n) is 11.5. The third-order valence-corrected chi connectivity index (χ3v) is 6.84. The number of amides is 1. The maximum atomic E-state index is 13.3. The summed E-state index contributed by atoms with van der Waals surface area (Å²) in [6.07, 6.45) is 6.48. The number of fused-ring (bicyclic) bond motifs is 1. The number of hydrogen-bond acceptors (Lipinski definition) is 5. The second-order valence-corrected chi connectivity index (χ2v) is 9.02. The normalized spacial score (nSPS) is 21.0. The molecule has 0 saturated heterocycles. The zero-order valence-corrected chi connectivity index (χ0v) is 18.7. The van der Waals surface area contributed by atoms with Crippen LogP contribution in [-0.4, -0.2) is 44.6 Å². The van der Waals surface area contributed by atoms with Crippen molar-refractivity contribution >= 4 is 5.91 Å². The van der Waals surface area contributed by atoms with E-state index in [1.54, 1.807) is 6.26 Å². The predicted octanol–water partition coefficient (Wildman–Crippen LogP) is 4.25. The number of aromatic nitrogens is 2. The molecule has 3 heterocycles. The maximum absolute atomic E-state index is 13.3. The van der Waals surface area contributed by atoms with Crippen LogP contribution < -0.4 is 0 Å². The minimum Gasteiger partial charge on any atom is -0.449 e. The lowest BCUT2D eigenvalue weighted by molar-refractivity contribution is 0.0160. The van der Waals surface area contributed by atoms with E-state index in [4.69, 9.17) is 9.40 Å². The second-order valence-electron chi connectivity index (χ2n) is 9.02. The SMILES string of the molecule is Cc1nc(-c2ccc(Cc3cc4c(nc3C)CCN([C@H]3CCCC[C@@H]3O)C4=O)cc2)co1. The van der Waals surface area contributed by atoms with E-state index in [0.717, 1.165) is 65.9 Å². The van der Waals surface area contributed by atoms with Crippen molar-refractivity contribution in [3.8, 4) is 11.3 Å². The number of oxazole rings is 1. The number of nitrogens with zero attached hydrogens (tertiary/aromatic N) is 3. The van der Waals surface area contributed by atoms with Crippen molar-refractivity contribution in [2.24, 2.45) is 0 Å². The summed E-state index contributed by atoms with van der Waals surface area (Å²) < 4.78 is 5.31. The van der Waals surface area contributed by atoms with Crippen LogP contribution in [0.25, 0.3) is 11.3 Å². The molecule has 6 heteroatoms. The second kappa shape index (κ2) is 8.51. The molecule has 0 spiro atoms. The van der Waals surface area contributed by atoms with E-state index in [2.05, 4.69) is 17.1 Å². The van der Waals surface area contributed by atoms with Gasteiger partial charge in [0, 0.05) is 31.1 Å². The maximum Gasteiger partial charge on any atom is 0.256 e. The molecule has 32 heavy (non-hydrogen) atoms. The van der Waals surface area contributed by atoms with Gasteiger partial charge >= 0.3 is 0 Å². The molecular weight excluding hydrogens is 402 g/mol. The van der Waals surface area contributed by atoms with Gasteiger partial charge in [-0.3, -0.25) is 9.78 Å². The fraction of sp³-hybridized carbons (Fsp3) is 0.423. The van der Waals surface area contributed by atoms with Crippen LogP contribution in [0.4, 0.5) is 0 Å². The van der Waals surface area contributed by atoms with Crippen LogP contribution in [0.3, 0.4) is 0 Å². The molecule has 0 bridgehead atoms. The number of carbonyl (C=O) groups is 1. The van der Waals surface area contributed by atoms with Gasteiger partial charge in [0.1, 0.15) is 12.0 Å². The van der Waals surface area contributed by atoms with Crippen molar-refractivity contribution in [3.05, 3.63) is 70.6 Å². The third-order valence-electron chi connectivity index (χ3n) is 6.84. The Kier molecular flexibility index (Phi) is 5.55. The van der Waals surface area contributed by atoms with Crippen LogP contribution in [0.15, 0.2) is 41.0 Å². The molecule has 1 N–H and O–H groups in total. The Balaban J connectivity index is 1.38. The molecule has 1 fully saturated rings. The number of benzene rings is 1. The molecule has 3 aromatic rings. The Bertz CT molecular complexity index is 1140. The van der Waals surface area contributed by atoms with Crippen LogP contribution in [-0.2, 0) is 12.8 Å². The highest BCUT2D eigenvalue weighted by Crippen LogP contribution is 2.29. The average Bonchev–Trinajstić information content (AvgIpc) is 3.23. The Morgan fingerprint density at radius 2 is 1.91 bits per heavy atom. The molecule has 5 rings (SSSR count). The molecule has 1 amide bonds. The molecule has 2 atom stereocenters. The lowest BCUT2D eigenvalue weighted by Crippen LogP contribution is -2.51. The van der Waals surface area contributed by atoms with E-state index in [1.807, 2.05) is 36.9 Å². The van der Waals surface area contributed by atoms with Gasteiger partial charge in [0.15, 0.2) is 5.89 Å². The zero-order chi connectivity index (χ0) is 22.2. The minimum absolute atomic E-state index is 0.0164. The quantitative estimate of drug-likeness (QED) is 0.668. The molecule has 1 saturated carbocycles. The summed E-state index contributed by atoms with van der Waals surface area (Å²) in [5, 5.41) is 10.5. The van der Waals surface area contributed by atoms with Crippen molar-refractivity contribution in [2.75, 3.05) is 6.54 Å². The number of aliphatic hydroxyl groups is 1. The summed E-state index contributed by atoms with van der Waals surface area (Å²) >= 11 is 0. The summed E-state index contributed by atoms with van der Waals surface area (Å²) in [5.74, 6) is 0.669. The van der Waals surface area contributed by atoms with Crippen molar-refractivity contribution in [1.82, 2.24) is 14.9 Å². The number of aryl methyl sites for hydroxylation is 2. The highest BCUT2D eigenvalue weighted by atomic mass is 16.3. The Hall–Kier alpha value is -2.99. The first-order valence-corrected chi connectivity index (χ1v) is 11.5. The van der Waals surface area contributed by atoms with E-state index in [9.17, 15) is 9.90 Å². The third kappa shape index (κ3) is 3.95. The monoisotopic (exact) mass is 431 g/mol. The van der Waals surface area contributed by atoms with Gasteiger partial charge in [-0.15, -0.1) is 0 Å². The molecule has 1 aliphatic heterocycles. The van der Waals surface area contributed by atoms with E-state index in [1.165, 1.54) is 0 Å². The van der Waals surface area contributed by atoms with Crippen molar-refractivity contribution in [2.45, 2.75) is 64.5 Å². The van der Waals surface area contributed by atoms with Crippen molar-refractivity contribution in [1.29, 1.82) is 0 Å². The zero-order valence-electron chi connectivity index (χ0n) is 18.7. The van der Waals surface area contributed by atoms with Gasteiger partial charge in [0.2, 0.25) is 0 Å². The van der Waals surface area contributed by atoms with Gasteiger partial charge in [0.25, 0.3) is 5.91 Å². The van der Waals surface area contributed by atoms with Crippen LogP contribution in [0.5, 0.6) is 0 Å². The van der Waals surface area contributed by atoms with Gasteiger partial charge in [-0.05, 0) is 43.4 Å². The predicted molar refractivity (Wildman–Crippen MR) is 121 cm³/mol. The number of hydrogen-bond donors (Lipinski definition) is 1. The number of rotatable bonds is 4. The van der Waals surface area contributed by atoms with E-state index in [0.29, 0.717) is 24.4 Å². The van der Waals surface area contributed by atoms with E-state index in [-0.39, 0.29) is 11.9 Å². The van der Waals surface area contributed by atoms with Gasteiger partial charge in [-0.1, -0.05) is 37.1 Å². The first kappa shape index (κ1) is 20.9. The largest absolute Gasteiger partial charge is 0.449 e. The van der Waals surface area contributed by atoms with Gasteiger partial charge in [-0.2, -0.15) is 0 Å². The summed E-state index contributed by atoms with van der Waals surface area (Å²) in [4.78, 5) is 24.4. The summed E-state index contributed by atoms with van der Waals surface area (Å²) in [5.41, 5.74) is 6.62. The Morgan fingerprint density at radius 3 is 2.62 bits per heavy atom. The van der Waals surface area contributed by atoms with Gasteiger partial charge in [0.05, 0.1) is 23.4 Å². The summed E-state index contributed by atoms with van der Waals surface area (Å²) in [6, 6.07) is 10.2. The molecule has 166 valence electrons.